The lowest BCUT2D eigenvalue weighted by Gasteiger charge is -2.30. The van der Waals surface area contributed by atoms with Crippen molar-refractivity contribution >= 4 is 29.1 Å². The van der Waals surface area contributed by atoms with Crippen molar-refractivity contribution in [2.45, 2.75) is 32.1 Å². The number of hydrogen-bond donors (Lipinski definition) is 1. The molecule has 1 aliphatic heterocycles. The Hall–Kier alpha value is -1.55. The SMILES string of the molecule is Cc1cc(C)cc(C(=O)N2CCC(CCO)(c3ccc(Cl)c(Cl)c3)C2)c1. The van der Waals surface area contributed by atoms with Crippen LogP contribution in [0.3, 0.4) is 0 Å². The van der Waals surface area contributed by atoms with E-state index in [9.17, 15) is 9.90 Å². The van der Waals surface area contributed by atoms with E-state index < -0.39 is 0 Å². The first-order valence-corrected chi connectivity index (χ1v) is 9.54. The van der Waals surface area contributed by atoms with E-state index in [1.54, 1.807) is 6.07 Å². The molecule has 0 aliphatic carbocycles. The molecule has 2 aromatic carbocycles. The summed E-state index contributed by atoms with van der Waals surface area (Å²) in [4.78, 5) is 14.9. The molecule has 1 saturated heterocycles. The number of rotatable bonds is 4. The number of benzene rings is 2. The van der Waals surface area contributed by atoms with Gasteiger partial charge in [-0.1, -0.05) is 46.5 Å². The third-order valence-electron chi connectivity index (χ3n) is 5.23. The van der Waals surface area contributed by atoms with Crippen LogP contribution in [-0.2, 0) is 5.41 Å². The van der Waals surface area contributed by atoms with Crippen molar-refractivity contribution in [2.24, 2.45) is 0 Å². The Morgan fingerprint density at radius 1 is 1.12 bits per heavy atom. The van der Waals surface area contributed by atoms with Crippen molar-refractivity contribution < 1.29 is 9.90 Å². The molecule has 1 fully saturated rings. The number of aliphatic hydroxyl groups is 1. The van der Waals surface area contributed by atoms with Crippen LogP contribution >= 0.6 is 23.2 Å². The Morgan fingerprint density at radius 2 is 1.81 bits per heavy atom. The van der Waals surface area contributed by atoms with Gasteiger partial charge in [0.25, 0.3) is 5.91 Å². The van der Waals surface area contributed by atoms with Crippen LogP contribution in [0.1, 0.15) is 39.9 Å². The lowest BCUT2D eigenvalue weighted by molar-refractivity contribution is 0.0779. The summed E-state index contributed by atoms with van der Waals surface area (Å²) in [6, 6.07) is 11.5. The number of aliphatic hydroxyl groups excluding tert-OH is 1. The molecule has 1 heterocycles. The molecule has 1 atom stereocenters. The van der Waals surface area contributed by atoms with Crippen molar-refractivity contribution in [3.8, 4) is 0 Å². The molecule has 0 aromatic heterocycles. The van der Waals surface area contributed by atoms with Crippen LogP contribution in [-0.4, -0.2) is 35.6 Å². The molecule has 5 heteroatoms. The van der Waals surface area contributed by atoms with E-state index in [-0.39, 0.29) is 17.9 Å². The second-order valence-corrected chi connectivity index (χ2v) is 8.05. The topological polar surface area (TPSA) is 40.5 Å². The van der Waals surface area contributed by atoms with Crippen molar-refractivity contribution in [3.63, 3.8) is 0 Å². The number of halogens is 2. The Morgan fingerprint density at radius 3 is 2.42 bits per heavy atom. The molecular weight excluding hydrogens is 369 g/mol. The van der Waals surface area contributed by atoms with Crippen LogP contribution in [0.25, 0.3) is 0 Å². The number of hydrogen-bond acceptors (Lipinski definition) is 2. The van der Waals surface area contributed by atoms with Crippen LogP contribution in [0.5, 0.6) is 0 Å². The summed E-state index contributed by atoms with van der Waals surface area (Å²) >= 11 is 12.3. The highest BCUT2D eigenvalue weighted by Gasteiger charge is 2.41. The minimum atomic E-state index is -0.294. The predicted octanol–water partition coefficient (Wildman–Crippen LogP) is 4.78. The van der Waals surface area contributed by atoms with E-state index in [4.69, 9.17) is 23.2 Å². The summed E-state index contributed by atoms with van der Waals surface area (Å²) < 4.78 is 0. The summed E-state index contributed by atoms with van der Waals surface area (Å²) in [6.07, 6.45) is 1.38. The largest absolute Gasteiger partial charge is 0.396 e. The van der Waals surface area contributed by atoms with Crippen molar-refractivity contribution in [3.05, 3.63) is 68.7 Å². The van der Waals surface area contributed by atoms with Gasteiger partial charge in [0.05, 0.1) is 10.0 Å². The lowest BCUT2D eigenvalue weighted by Crippen LogP contribution is -2.35. The highest BCUT2D eigenvalue weighted by molar-refractivity contribution is 6.42. The maximum Gasteiger partial charge on any atom is 0.253 e. The average Bonchev–Trinajstić information content (AvgIpc) is 3.01. The molecule has 2 aromatic rings. The predicted molar refractivity (Wildman–Crippen MR) is 106 cm³/mol. The minimum absolute atomic E-state index is 0.0386. The molecule has 0 spiro atoms. The zero-order valence-electron chi connectivity index (χ0n) is 15.1. The van der Waals surface area contributed by atoms with Gasteiger partial charge < -0.3 is 10.0 Å². The zero-order valence-corrected chi connectivity index (χ0v) is 16.6. The second kappa shape index (κ2) is 7.59. The number of aryl methyl sites for hydroxylation is 2. The van der Waals surface area contributed by atoms with Gasteiger partial charge in [-0.2, -0.15) is 0 Å². The molecule has 0 saturated carbocycles. The van der Waals surface area contributed by atoms with E-state index in [2.05, 4.69) is 6.07 Å². The Bertz CT molecular complexity index is 817. The van der Waals surface area contributed by atoms with Gasteiger partial charge >= 0.3 is 0 Å². The van der Waals surface area contributed by atoms with Gasteiger partial charge in [-0.15, -0.1) is 0 Å². The van der Waals surface area contributed by atoms with Crippen molar-refractivity contribution in [1.82, 2.24) is 4.90 Å². The highest BCUT2D eigenvalue weighted by atomic mass is 35.5. The van der Waals surface area contributed by atoms with Crippen LogP contribution in [0.4, 0.5) is 0 Å². The number of amides is 1. The fraction of sp³-hybridized carbons (Fsp3) is 0.381. The van der Waals surface area contributed by atoms with Crippen molar-refractivity contribution in [1.29, 1.82) is 0 Å². The summed E-state index contributed by atoms with van der Waals surface area (Å²) in [7, 11) is 0. The summed E-state index contributed by atoms with van der Waals surface area (Å²) in [5.41, 5.74) is 3.61. The molecule has 1 amide bonds. The number of nitrogens with zero attached hydrogens (tertiary/aromatic N) is 1. The molecule has 0 bridgehead atoms. The number of likely N-dealkylation sites (tertiary alicyclic amines) is 1. The third-order valence-corrected chi connectivity index (χ3v) is 5.97. The van der Waals surface area contributed by atoms with Crippen LogP contribution < -0.4 is 0 Å². The van der Waals surface area contributed by atoms with E-state index in [0.29, 0.717) is 29.6 Å². The zero-order chi connectivity index (χ0) is 18.9. The number of carbonyl (C=O) groups excluding carboxylic acids is 1. The molecular formula is C21H23Cl2NO2. The molecule has 1 N–H and O–H groups in total. The van der Waals surface area contributed by atoms with Gasteiger partial charge in [0.2, 0.25) is 0 Å². The van der Waals surface area contributed by atoms with E-state index >= 15 is 0 Å². The quantitative estimate of drug-likeness (QED) is 0.814. The Labute approximate surface area is 164 Å². The Kier molecular flexibility index (Phi) is 5.61. The molecule has 1 unspecified atom stereocenters. The Balaban J connectivity index is 1.89. The summed E-state index contributed by atoms with van der Waals surface area (Å²) in [6.45, 7) is 5.29. The molecule has 138 valence electrons. The van der Waals surface area contributed by atoms with E-state index in [0.717, 1.165) is 28.7 Å². The average molecular weight is 392 g/mol. The first kappa shape index (κ1) is 19.2. The van der Waals surface area contributed by atoms with Crippen LogP contribution in [0.15, 0.2) is 36.4 Å². The first-order valence-electron chi connectivity index (χ1n) is 8.79. The van der Waals surface area contributed by atoms with Gasteiger partial charge in [0.15, 0.2) is 0 Å². The fourth-order valence-electron chi connectivity index (χ4n) is 3.95. The summed E-state index contributed by atoms with van der Waals surface area (Å²) in [5.74, 6) is 0.0386. The molecule has 1 aliphatic rings. The van der Waals surface area contributed by atoms with E-state index in [1.807, 2.05) is 43.0 Å². The lowest BCUT2D eigenvalue weighted by atomic mass is 9.77. The smallest absolute Gasteiger partial charge is 0.253 e. The standard InChI is InChI=1S/C21H23Cl2NO2/c1-14-9-15(2)11-16(10-14)20(26)24-7-5-21(13-24,6-8-25)17-3-4-18(22)19(23)12-17/h3-4,9-12,25H,5-8,13H2,1-2H3. The summed E-state index contributed by atoms with van der Waals surface area (Å²) in [5, 5.41) is 10.6. The monoisotopic (exact) mass is 391 g/mol. The third kappa shape index (κ3) is 3.75. The number of carbonyl (C=O) groups is 1. The van der Waals surface area contributed by atoms with Crippen LogP contribution in [0.2, 0.25) is 10.0 Å². The molecule has 26 heavy (non-hydrogen) atoms. The maximum atomic E-state index is 13.0. The van der Waals surface area contributed by atoms with Crippen molar-refractivity contribution in [2.75, 3.05) is 19.7 Å². The molecule has 0 radical (unpaired) electrons. The van der Waals surface area contributed by atoms with Gasteiger partial charge in [-0.05, 0) is 56.5 Å². The minimum Gasteiger partial charge on any atom is -0.396 e. The second-order valence-electron chi connectivity index (χ2n) is 7.24. The molecule has 3 rings (SSSR count). The molecule has 3 nitrogen and oxygen atoms in total. The van der Waals surface area contributed by atoms with Gasteiger partial charge in [-0.3, -0.25) is 4.79 Å². The van der Waals surface area contributed by atoms with E-state index in [1.165, 1.54) is 0 Å². The van der Waals surface area contributed by atoms with Gasteiger partial charge in [0.1, 0.15) is 0 Å². The van der Waals surface area contributed by atoms with Crippen LogP contribution in [0, 0.1) is 13.8 Å². The van der Waals surface area contributed by atoms with Gasteiger partial charge in [-0.25, -0.2) is 0 Å². The fourth-order valence-corrected chi connectivity index (χ4v) is 4.25. The normalized spacial score (nSPS) is 19.8. The first-order chi connectivity index (χ1) is 12.3. The maximum absolute atomic E-state index is 13.0. The van der Waals surface area contributed by atoms with Gasteiger partial charge in [0, 0.05) is 30.7 Å². The highest BCUT2D eigenvalue weighted by Crippen LogP contribution is 2.40.